The van der Waals surface area contributed by atoms with Crippen LogP contribution in [0, 0.1) is 5.92 Å². The van der Waals surface area contributed by atoms with Crippen molar-refractivity contribution in [2.45, 2.75) is 13.3 Å². The van der Waals surface area contributed by atoms with E-state index in [-0.39, 0.29) is 0 Å². The Balaban J connectivity index is 1.74. The van der Waals surface area contributed by atoms with E-state index in [2.05, 4.69) is 26.8 Å². The van der Waals surface area contributed by atoms with E-state index in [1.165, 1.54) is 5.75 Å². The molecular formula is C11H18N4S. The minimum absolute atomic E-state index is 0.713. The molecule has 1 aromatic heterocycles. The van der Waals surface area contributed by atoms with Gasteiger partial charge < -0.3 is 9.88 Å². The van der Waals surface area contributed by atoms with E-state index in [1.807, 2.05) is 31.2 Å². The number of nitrogens with zero attached hydrogens (tertiary/aromatic N) is 3. The molecule has 4 nitrogen and oxygen atoms in total. The zero-order valence-corrected chi connectivity index (χ0v) is 10.6. The predicted molar refractivity (Wildman–Crippen MR) is 68.8 cm³/mol. The van der Waals surface area contributed by atoms with Gasteiger partial charge in [-0.3, -0.25) is 4.99 Å². The van der Waals surface area contributed by atoms with E-state index >= 15 is 0 Å². The van der Waals surface area contributed by atoms with Crippen LogP contribution >= 0.6 is 11.8 Å². The van der Waals surface area contributed by atoms with E-state index in [0.717, 1.165) is 30.5 Å². The molecule has 0 saturated carbocycles. The summed E-state index contributed by atoms with van der Waals surface area (Å²) < 4.78 is 2.06. The van der Waals surface area contributed by atoms with Crippen LogP contribution in [0.2, 0.25) is 0 Å². The minimum atomic E-state index is 0.713. The van der Waals surface area contributed by atoms with Crippen LogP contribution in [0.1, 0.15) is 12.7 Å². The van der Waals surface area contributed by atoms with Crippen molar-refractivity contribution >= 4 is 16.9 Å². The van der Waals surface area contributed by atoms with Gasteiger partial charge in [-0.1, -0.05) is 18.7 Å². The number of amidine groups is 1. The first-order valence-corrected chi connectivity index (χ1v) is 6.61. The average molecular weight is 238 g/mol. The highest BCUT2D eigenvalue weighted by Gasteiger charge is 2.11. The van der Waals surface area contributed by atoms with Crippen molar-refractivity contribution in [1.82, 2.24) is 14.9 Å². The molecule has 1 atom stereocenters. The lowest BCUT2D eigenvalue weighted by atomic mass is 10.2. The fourth-order valence-corrected chi connectivity index (χ4v) is 2.50. The molecule has 0 fully saturated rings. The number of imidazole rings is 1. The van der Waals surface area contributed by atoms with Gasteiger partial charge in [-0.15, -0.1) is 0 Å². The van der Waals surface area contributed by atoms with E-state index in [0.29, 0.717) is 5.92 Å². The van der Waals surface area contributed by atoms with Crippen molar-refractivity contribution in [2.75, 3.05) is 18.8 Å². The number of nitrogens with one attached hydrogen (secondary N) is 1. The van der Waals surface area contributed by atoms with E-state index in [9.17, 15) is 0 Å². The van der Waals surface area contributed by atoms with Crippen LogP contribution in [0.4, 0.5) is 0 Å². The molecule has 1 aliphatic heterocycles. The zero-order chi connectivity index (χ0) is 11.4. The van der Waals surface area contributed by atoms with E-state index in [1.54, 1.807) is 0 Å². The van der Waals surface area contributed by atoms with Gasteiger partial charge in [0.2, 0.25) is 0 Å². The maximum absolute atomic E-state index is 4.49. The van der Waals surface area contributed by atoms with Crippen molar-refractivity contribution in [3.8, 4) is 0 Å². The van der Waals surface area contributed by atoms with Crippen molar-refractivity contribution in [1.29, 1.82) is 0 Å². The van der Waals surface area contributed by atoms with Gasteiger partial charge in [-0.2, -0.15) is 0 Å². The lowest BCUT2D eigenvalue weighted by Crippen LogP contribution is -2.28. The fourth-order valence-electron chi connectivity index (χ4n) is 1.58. The van der Waals surface area contributed by atoms with Crippen molar-refractivity contribution in [2.24, 2.45) is 18.0 Å². The second kappa shape index (κ2) is 5.39. The molecule has 16 heavy (non-hydrogen) atoms. The highest BCUT2D eigenvalue weighted by Crippen LogP contribution is 2.15. The molecule has 0 aliphatic carbocycles. The number of aliphatic imine (C=N–C) groups is 1. The molecule has 5 heteroatoms. The first-order chi connectivity index (χ1) is 7.75. The Hall–Kier alpha value is -0.970. The number of hydrogen-bond donors (Lipinski definition) is 1. The van der Waals surface area contributed by atoms with Crippen LogP contribution in [0.5, 0.6) is 0 Å². The maximum atomic E-state index is 4.49. The minimum Gasteiger partial charge on any atom is -0.364 e. The highest BCUT2D eigenvalue weighted by atomic mass is 32.2. The Bertz CT molecular complexity index is 372. The Morgan fingerprint density at radius 1 is 1.62 bits per heavy atom. The average Bonchev–Trinajstić information content (AvgIpc) is 2.68. The molecule has 0 radical (unpaired) electrons. The number of hydrogen-bond acceptors (Lipinski definition) is 4. The topological polar surface area (TPSA) is 42.2 Å². The summed E-state index contributed by atoms with van der Waals surface area (Å²) in [6.07, 6.45) is 4.76. The van der Waals surface area contributed by atoms with Gasteiger partial charge in [0.1, 0.15) is 5.82 Å². The van der Waals surface area contributed by atoms with Crippen LogP contribution in [-0.2, 0) is 13.5 Å². The monoisotopic (exact) mass is 238 g/mol. The van der Waals surface area contributed by atoms with Crippen molar-refractivity contribution in [3.63, 3.8) is 0 Å². The van der Waals surface area contributed by atoms with Crippen LogP contribution in [-0.4, -0.2) is 33.6 Å². The smallest absolute Gasteiger partial charge is 0.156 e. The molecule has 1 aliphatic rings. The molecule has 0 spiro atoms. The molecule has 88 valence electrons. The Labute approximate surface area is 101 Å². The highest BCUT2D eigenvalue weighted by molar-refractivity contribution is 8.13. The summed E-state index contributed by atoms with van der Waals surface area (Å²) in [5.74, 6) is 3.00. The van der Waals surface area contributed by atoms with Crippen molar-refractivity contribution in [3.05, 3.63) is 18.2 Å². The van der Waals surface area contributed by atoms with Gasteiger partial charge in [0.15, 0.2) is 5.17 Å². The number of rotatable bonds is 3. The van der Waals surface area contributed by atoms with Gasteiger partial charge in [0, 0.05) is 44.7 Å². The summed E-state index contributed by atoms with van der Waals surface area (Å²) in [6.45, 7) is 4.10. The number of aromatic nitrogens is 2. The van der Waals surface area contributed by atoms with Crippen LogP contribution in [0.15, 0.2) is 17.4 Å². The Kier molecular flexibility index (Phi) is 3.88. The van der Waals surface area contributed by atoms with Gasteiger partial charge in [-0.05, 0) is 5.92 Å². The number of thioether (sulfide) groups is 1. The molecule has 0 amide bonds. The van der Waals surface area contributed by atoms with Crippen LogP contribution in [0.25, 0.3) is 0 Å². The molecular weight excluding hydrogens is 220 g/mol. The molecule has 0 saturated heterocycles. The first-order valence-electron chi connectivity index (χ1n) is 5.63. The summed E-state index contributed by atoms with van der Waals surface area (Å²) in [7, 11) is 2.02. The number of aryl methyl sites for hydroxylation is 1. The lowest BCUT2D eigenvalue weighted by Gasteiger charge is -2.17. The van der Waals surface area contributed by atoms with Crippen molar-refractivity contribution < 1.29 is 0 Å². The maximum Gasteiger partial charge on any atom is 0.156 e. The molecule has 0 bridgehead atoms. The normalized spacial score (nSPS) is 20.6. The summed E-state index contributed by atoms with van der Waals surface area (Å²) in [5.41, 5.74) is 0. The largest absolute Gasteiger partial charge is 0.364 e. The molecule has 1 unspecified atom stereocenters. The molecule has 2 rings (SSSR count). The van der Waals surface area contributed by atoms with Gasteiger partial charge >= 0.3 is 0 Å². The quantitative estimate of drug-likeness (QED) is 0.863. The van der Waals surface area contributed by atoms with Gasteiger partial charge in [-0.25, -0.2) is 4.98 Å². The zero-order valence-electron chi connectivity index (χ0n) is 9.81. The summed E-state index contributed by atoms with van der Waals surface area (Å²) in [6, 6.07) is 0. The summed E-state index contributed by atoms with van der Waals surface area (Å²) >= 11 is 1.82. The van der Waals surface area contributed by atoms with E-state index in [4.69, 9.17) is 0 Å². The second-order valence-corrected chi connectivity index (χ2v) is 5.20. The Morgan fingerprint density at radius 2 is 2.50 bits per heavy atom. The van der Waals surface area contributed by atoms with Gasteiger partial charge in [0.05, 0.1) is 0 Å². The standard InChI is InChI=1S/C11H18N4S/c1-9-7-14-11(16-8-9)13-4-3-10-12-5-6-15(10)2/h5-6,9H,3-4,7-8H2,1-2H3,(H,13,14). The SMILES string of the molecule is CC1CN=C(NCCc2nccn2C)SC1. The van der Waals surface area contributed by atoms with E-state index < -0.39 is 0 Å². The summed E-state index contributed by atoms with van der Waals surface area (Å²) in [4.78, 5) is 8.78. The molecule has 1 N–H and O–H groups in total. The Morgan fingerprint density at radius 3 is 3.12 bits per heavy atom. The van der Waals surface area contributed by atoms with Crippen LogP contribution in [0.3, 0.4) is 0 Å². The third-order valence-electron chi connectivity index (χ3n) is 2.60. The molecule has 0 aromatic carbocycles. The predicted octanol–water partition coefficient (Wildman–Crippen LogP) is 1.29. The first kappa shape index (κ1) is 11.5. The van der Waals surface area contributed by atoms with Crippen LogP contribution < -0.4 is 5.32 Å². The third-order valence-corrected chi connectivity index (χ3v) is 3.88. The fraction of sp³-hybridized carbons (Fsp3) is 0.636. The molecule has 1 aromatic rings. The lowest BCUT2D eigenvalue weighted by molar-refractivity contribution is 0.667. The summed E-state index contributed by atoms with van der Waals surface area (Å²) in [5, 5.41) is 4.46. The third kappa shape index (κ3) is 3.01. The molecule has 2 heterocycles. The van der Waals surface area contributed by atoms with Gasteiger partial charge in [0.25, 0.3) is 0 Å². The second-order valence-electron chi connectivity index (χ2n) is 4.19.